The second-order valence-electron chi connectivity index (χ2n) is 8.85. The highest BCUT2D eigenvalue weighted by Crippen LogP contribution is 2.22. The fourth-order valence-electron chi connectivity index (χ4n) is 3.75. The van der Waals surface area contributed by atoms with Crippen molar-refractivity contribution in [3.63, 3.8) is 0 Å². The Hall–Kier alpha value is -2.63. The van der Waals surface area contributed by atoms with E-state index >= 15 is 0 Å². The van der Waals surface area contributed by atoms with E-state index in [1.807, 2.05) is 56.0 Å². The smallest absolute Gasteiger partial charge is 0.410 e. The van der Waals surface area contributed by atoms with Gasteiger partial charge < -0.3 is 14.5 Å². The van der Waals surface area contributed by atoms with E-state index in [9.17, 15) is 9.59 Å². The van der Waals surface area contributed by atoms with Crippen LogP contribution in [0.3, 0.4) is 0 Å². The molecule has 0 saturated carbocycles. The molecular formula is C23H31N3O3. The first kappa shape index (κ1) is 21.1. The van der Waals surface area contributed by atoms with Gasteiger partial charge in [-0.2, -0.15) is 0 Å². The molecule has 1 aromatic carbocycles. The lowest BCUT2D eigenvalue weighted by molar-refractivity contribution is -0.131. The number of carbonyl (C=O) groups excluding carboxylic acids is 2. The van der Waals surface area contributed by atoms with E-state index in [0.29, 0.717) is 18.9 Å². The quantitative estimate of drug-likeness (QED) is 0.785. The molecule has 6 nitrogen and oxygen atoms in total. The first-order valence-electron chi connectivity index (χ1n) is 10.3. The normalized spacial score (nSPS) is 15.4. The maximum Gasteiger partial charge on any atom is 0.410 e. The van der Waals surface area contributed by atoms with Crippen LogP contribution in [0.4, 0.5) is 4.79 Å². The zero-order valence-electron chi connectivity index (χ0n) is 17.9. The van der Waals surface area contributed by atoms with Crippen molar-refractivity contribution in [2.45, 2.75) is 45.6 Å². The molecule has 3 rings (SSSR count). The lowest BCUT2D eigenvalue weighted by Gasteiger charge is -2.34. The van der Waals surface area contributed by atoms with Gasteiger partial charge in [-0.05, 0) is 51.2 Å². The molecule has 0 N–H and O–H groups in total. The molecule has 1 fully saturated rings. The number of amides is 2. The van der Waals surface area contributed by atoms with E-state index in [2.05, 4.69) is 4.98 Å². The summed E-state index contributed by atoms with van der Waals surface area (Å²) in [5.41, 5.74) is 1.38. The topological polar surface area (TPSA) is 62.7 Å². The molecule has 0 atom stereocenters. The highest BCUT2D eigenvalue weighted by atomic mass is 16.6. The van der Waals surface area contributed by atoms with Crippen molar-refractivity contribution in [3.8, 4) is 0 Å². The molecule has 1 saturated heterocycles. The van der Waals surface area contributed by atoms with Gasteiger partial charge in [0.05, 0.1) is 11.9 Å². The third-order valence-electron chi connectivity index (χ3n) is 5.26. The minimum absolute atomic E-state index is 0.141. The molecular weight excluding hydrogens is 366 g/mol. The van der Waals surface area contributed by atoms with Crippen LogP contribution in [0, 0.1) is 5.92 Å². The number of pyridine rings is 1. The first-order valence-corrected chi connectivity index (χ1v) is 10.3. The Kier molecular flexibility index (Phi) is 6.40. The highest BCUT2D eigenvalue weighted by molar-refractivity contribution is 5.87. The molecule has 1 aromatic heterocycles. The Morgan fingerprint density at radius 3 is 2.55 bits per heavy atom. The van der Waals surface area contributed by atoms with Crippen LogP contribution in [-0.2, 0) is 16.0 Å². The second kappa shape index (κ2) is 8.80. The molecule has 156 valence electrons. The number of piperidine rings is 1. The molecule has 29 heavy (non-hydrogen) atoms. The van der Waals surface area contributed by atoms with E-state index in [0.717, 1.165) is 42.4 Å². The Morgan fingerprint density at radius 1 is 1.17 bits per heavy atom. The fraction of sp³-hybridized carbons (Fsp3) is 0.522. The van der Waals surface area contributed by atoms with Crippen LogP contribution >= 0.6 is 0 Å². The number of ether oxygens (including phenoxy) is 1. The minimum atomic E-state index is -0.488. The lowest BCUT2D eigenvalue weighted by atomic mass is 9.95. The summed E-state index contributed by atoms with van der Waals surface area (Å²) in [6, 6.07) is 9.90. The summed E-state index contributed by atoms with van der Waals surface area (Å²) in [6.45, 7) is 7.72. The summed E-state index contributed by atoms with van der Waals surface area (Å²) < 4.78 is 5.42. The Morgan fingerprint density at radius 2 is 1.86 bits per heavy atom. The minimum Gasteiger partial charge on any atom is -0.444 e. The predicted molar refractivity (Wildman–Crippen MR) is 114 cm³/mol. The van der Waals surface area contributed by atoms with Crippen LogP contribution in [-0.4, -0.2) is 59.1 Å². The summed E-state index contributed by atoms with van der Waals surface area (Å²) in [4.78, 5) is 33.0. The van der Waals surface area contributed by atoms with Crippen molar-refractivity contribution < 1.29 is 14.3 Å². The number of fused-ring (bicyclic) bond motifs is 1. The van der Waals surface area contributed by atoms with Crippen LogP contribution in [0.5, 0.6) is 0 Å². The average molecular weight is 398 g/mol. The summed E-state index contributed by atoms with van der Waals surface area (Å²) in [7, 11) is 1.78. The molecule has 0 radical (unpaired) electrons. The van der Waals surface area contributed by atoms with Gasteiger partial charge in [0.2, 0.25) is 5.91 Å². The molecule has 2 amide bonds. The van der Waals surface area contributed by atoms with Crippen molar-refractivity contribution in [3.05, 3.63) is 42.1 Å². The molecule has 0 spiro atoms. The Bertz CT molecular complexity index is 862. The number of rotatable bonds is 4. The monoisotopic (exact) mass is 397 g/mol. The van der Waals surface area contributed by atoms with Crippen molar-refractivity contribution in [1.82, 2.24) is 14.8 Å². The van der Waals surface area contributed by atoms with Crippen LogP contribution < -0.4 is 0 Å². The van der Waals surface area contributed by atoms with Gasteiger partial charge in [0, 0.05) is 38.3 Å². The molecule has 0 aliphatic carbocycles. The van der Waals surface area contributed by atoms with E-state index in [1.54, 1.807) is 18.1 Å². The SMILES string of the molecule is CN(CC1CCN(C(=O)Cc2cccc3cccnc23)CC1)C(=O)OC(C)(C)C. The molecule has 2 heterocycles. The Labute approximate surface area is 172 Å². The van der Waals surface area contributed by atoms with Gasteiger partial charge in [-0.1, -0.05) is 24.3 Å². The van der Waals surface area contributed by atoms with Gasteiger partial charge in [0.15, 0.2) is 0 Å². The fourth-order valence-corrected chi connectivity index (χ4v) is 3.75. The zero-order valence-corrected chi connectivity index (χ0v) is 17.9. The van der Waals surface area contributed by atoms with Crippen molar-refractivity contribution >= 4 is 22.9 Å². The average Bonchev–Trinajstić information content (AvgIpc) is 2.67. The molecule has 0 unspecified atom stereocenters. The number of hydrogen-bond acceptors (Lipinski definition) is 4. The summed E-state index contributed by atoms with van der Waals surface area (Å²) in [5.74, 6) is 0.526. The van der Waals surface area contributed by atoms with Gasteiger partial charge in [-0.15, -0.1) is 0 Å². The number of para-hydroxylation sites is 1. The maximum absolute atomic E-state index is 12.8. The molecule has 1 aliphatic rings. The maximum atomic E-state index is 12.8. The summed E-state index contributed by atoms with van der Waals surface area (Å²) in [6.07, 6.45) is 3.64. The predicted octanol–water partition coefficient (Wildman–Crippen LogP) is 3.88. The van der Waals surface area contributed by atoms with Gasteiger partial charge in [0.1, 0.15) is 5.60 Å². The summed E-state index contributed by atoms with van der Waals surface area (Å²) in [5, 5.41) is 1.06. The molecule has 2 aromatic rings. The first-order chi connectivity index (χ1) is 13.7. The molecule has 6 heteroatoms. The van der Waals surface area contributed by atoms with E-state index < -0.39 is 5.60 Å². The van der Waals surface area contributed by atoms with E-state index in [4.69, 9.17) is 4.74 Å². The van der Waals surface area contributed by atoms with Gasteiger partial charge in [0.25, 0.3) is 0 Å². The number of likely N-dealkylation sites (tertiary alicyclic amines) is 1. The Balaban J connectivity index is 1.51. The lowest BCUT2D eigenvalue weighted by Crippen LogP contribution is -2.43. The molecule has 1 aliphatic heterocycles. The third-order valence-corrected chi connectivity index (χ3v) is 5.26. The second-order valence-corrected chi connectivity index (χ2v) is 8.85. The number of nitrogens with zero attached hydrogens (tertiary/aromatic N) is 3. The van der Waals surface area contributed by atoms with Crippen LogP contribution in [0.2, 0.25) is 0 Å². The number of hydrogen-bond donors (Lipinski definition) is 0. The van der Waals surface area contributed by atoms with Gasteiger partial charge in [-0.3, -0.25) is 9.78 Å². The van der Waals surface area contributed by atoms with Crippen LogP contribution in [0.25, 0.3) is 10.9 Å². The molecule has 0 bridgehead atoms. The van der Waals surface area contributed by atoms with Crippen molar-refractivity contribution in [2.75, 3.05) is 26.7 Å². The van der Waals surface area contributed by atoms with Crippen molar-refractivity contribution in [1.29, 1.82) is 0 Å². The highest BCUT2D eigenvalue weighted by Gasteiger charge is 2.26. The summed E-state index contributed by atoms with van der Waals surface area (Å²) >= 11 is 0. The zero-order chi connectivity index (χ0) is 21.0. The third kappa shape index (κ3) is 5.68. The van der Waals surface area contributed by atoms with Crippen LogP contribution in [0.1, 0.15) is 39.2 Å². The number of benzene rings is 1. The standard InChI is InChI=1S/C23H31N3O3/c1-23(2,3)29-22(28)25(4)16-17-10-13-26(14-11-17)20(27)15-19-8-5-7-18-9-6-12-24-21(18)19/h5-9,12,17H,10-11,13-16H2,1-4H3. The number of carbonyl (C=O) groups is 2. The van der Waals surface area contributed by atoms with E-state index in [-0.39, 0.29) is 12.0 Å². The van der Waals surface area contributed by atoms with Gasteiger partial charge >= 0.3 is 6.09 Å². The van der Waals surface area contributed by atoms with E-state index in [1.165, 1.54) is 0 Å². The number of aromatic nitrogens is 1. The van der Waals surface area contributed by atoms with Crippen LogP contribution in [0.15, 0.2) is 36.5 Å². The van der Waals surface area contributed by atoms with Gasteiger partial charge in [-0.25, -0.2) is 4.79 Å². The largest absolute Gasteiger partial charge is 0.444 e. The van der Waals surface area contributed by atoms with Crippen molar-refractivity contribution in [2.24, 2.45) is 5.92 Å².